The molecule has 0 aliphatic carbocycles. The maximum absolute atomic E-state index is 3.89. The first kappa shape index (κ1) is 10.7. The maximum atomic E-state index is 3.89. The molecule has 0 radical (unpaired) electrons. The highest BCUT2D eigenvalue weighted by Gasteiger charge is 2.01. The van der Waals surface area contributed by atoms with Crippen molar-refractivity contribution in [1.29, 1.82) is 0 Å². The van der Waals surface area contributed by atoms with Crippen LogP contribution >= 0.6 is 0 Å². The van der Waals surface area contributed by atoms with Crippen molar-refractivity contribution in [3.8, 4) is 16.8 Å². The molecular formula is C14H12N4. The van der Waals surface area contributed by atoms with Gasteiger partial charge in [-0.2, -0.15) is 0 Å². The zero-order valence-corrected chi connectivity index (χ0v) is 9.99. The predicted molar refractivity (Wildman–Crippen MR) is 69.3 cm³/mol. The van der Waals surface area contributed by atoms with Gasteiger partial charge in [0.15, 0.2) is 0 Å². The first-order chi connectivity index (χ1) is 8.83. The molecule has 0 N–H and O–H groups in total. The van der Waals surface area contributed by atoms with Crippen molar-refractivity contribution in [3.63, 3.8) is 0 Å². The molecule has 0 saturated carbocycles. The summed E-state index contributed by atoms with van der Waals surface area (Å²) in [6.45, 7) is 2.08. The predicted octanol–water partition coefficient (Wildman–Crippen LogP) is 2.64. The van der Waals surface area contributed by atoms with Gasteiger partial charge in [0.05, 0.1) is 5.69 Å². The molecule has 1 aromatic heterocycles. The third-order valence-corrected chi connectivity index (χ3v) is 2.84. The second-order valence-corrected chi connectivity index (χ2v) is 4.17. The highest BCUT2D eigenvalue weighted by molar-refractivity contribution is 5.66. The van der Waals surface area contributed by atoms with Gasteiger partial charge >= 0.3 is 0 Å². The molecule has 18 heavy (non-hydrogen) atoms. The molecule has 0 atom stereocenters. The Morgan fingerprint density at radius 3 is 2.50 bits per heavy atom. The summed E-state index contributed by atoms with van der Waals surface area (Å²) in [5.41, 5.74) is 4.56. The molecule has 0 saturated heterocycles. The summed E-state index contributed by atoms with van der Waals surface area (Å²) >= 11 is 0. The van der Waals surface area contributed by atoms with Crippen molar-refractivity contribution in [2.75, 3.05) is 0 Å². The Morgan fingerprint density at radius 2 is 1.78 bits per heavy atom. The van der Waals surface area contributed by atoms with E-state index in [0.29, 0.717) is 0 Å². The van der Waals surface area contributed by atoms with Gasteiger partial charge in [0.25, 0.3) is 0 Å². The molecule has 0 bridgehead atoms. The molecule has 0 fully saturated rings. The van der Waals surface area contributed by atoms with Gasteiger partial charge in [-0.1, -0.05) is 42.0 Å². The van der Waals surface area contributed by atoms with Crippen molar-refractivity contribution >= 4 is 0 Å². The molecule has 0 amide bonds. The number of aryl methyl sites for hydroxylation is 1. The number of nitrogens with zero attached hydrogens (tertiary/aromatic N) is 4. The van der Waals surface area contributed by atoms with Crippen molar-refractivity contribution in [1.82, 2.24) is 20.2 Å². The molecule has 4 nitrogen and oxygen atoms in total. The van der Waals surface area contributed by atoms with Crippen LogP contribution in [0.15, 0.2) is 54.9 Å². The highest BCUT2D eigenvalue weighted by atomic mass is 15.5. The summed E-state index contributed by atoms with van der Waals surface area (Å²) in [4.78, 5) is 0. The van der Waals surface area contributed by atoms with E-state index in [1.807, 2.05) is 12.1 Å². The zero-order valence-electron chi connectivity index (χ0n) is 9.99. The number of hydrogen-bond donors (Lipinski definition) is 0. The largest absolute Gasteiger partial charge is 0.201 e. The van der Waals surface area contributed by atoms with Gasteiger partial charge in [0, 0.05) is 0 Å². The van der Waals surface area contributed by atoms with E-state index in [2.05, 4.69) is 58.8 Å². The van der Waals surface area contributed by atoms with Gasteiger partial charge in [-0.05, 0) is 40.6 Å². The summed E-state index contributed by atoms with van der Waals surface area (Å²) in [6.07, 6.45) is 1.59. The molecule has 0 aliphatic heterocycles. The second kappa shape index (κ2) is 4.41. The fourth-order valence-corrected chi connectivity index (χ4v) is 1.85. The van der Waals surface area contributed by atoms with Crippen LogP contribution in [0.3, 0.4) is 0 Å². The number of aromatic nitrogens is 4. The molecule has 4 heteroatoms. The normalized spacial score (nSPS) is 10.5. The van der Waals surface area contributed by atoms with Crippen LogP contribution in [0.2, 0.25) is 0 Å². The molecule has 3 rings (SSSR count). The van der Waals surface area contributed by atoms with Crippen molar-refractivity contribution in [2.45, 2.75) is 6.92 Å². The van der Waals surface area contributed by atoms with E-state index >= 15 is 0 Å². The minimum atomic E-state index is 0.957. The number of tetrazole rings is 1. The molecule has 88 valence electrons. The average Bonchev–Trinajstić information content (AvgIpc) is 2.94. The topological polar surface area (TPSA) is 43.6 Å². The first-order valence-electron chi connectivity index (χ1n) is 5.73. The van der Waals surface area contributed by atoms with Gasteiger partial charge in [0.1, 0.15) is 6.33 Å². The summed E-state index contributed by atoms with van der Waals surface area (Å²) < 4.78 is 1.65. The highest BCUT2D eigenvalue weighted by Crippen LogP contribution is 2.21. The summed E-state index contributed by atoms with van der Waals surface area (Å²) in [5, 5.41) is 11.2. The Balaban J connectivity index is 2.03. The SMILES string of the molecule is Cc1ccc(-c2cccc(-n3cnnn3)c2)cc1. The maximum Gasteiger partial charge on any atom is 0.143 e. The van der Waals surface area contributed by atoms with Gasteiger partial charge in [0.2, 0.25) is 0 Å². The van der Waals surface area contributed by atoms with Crippen molar-refractivity contribution < 1.29 is 0 Å². The Hall–Kier alpha value is -2.49. The fraction of sp³-hybridized carbons (Fsp3) is 0.0714. The van der Waals surface area contributed by atoms with Crippen LogP contribution in [0.25, 0.3) is 16.8 Å². The second-order valence-electron chi connectivity index (χ2n) is 4.17. The Bertz CT molecular complexity index is 642. The molecule has 3 aromatic rings. The van der Waals surface area contributed by atoms with E-state index in [4.69, 9.17) is 0 Å². The van der Waals surface area contributed by atoms with Crippen LogP contribution in [-0.2, 0) is 0 Å². The molecular weight excluding hydrogens is 224 g/mol. The van der Waals surface area contributed by atoms with Crippen LogP contribution in [0.1, 0.15) is 5.56 Å². The Labute approximate surface area is 105 Å². The summed E-state index contributed by atoms with van der Waals surface area (Å²) in [7, 11) is 0. The van der Waals surface area contributed by atoms with Gasteiger partial charge in [-0.3, -0.25) is 0 Å². The van der Waals surface area contributed by atoms with Crippen LogP contribution in [0, 0.1) is 6.92 Å². The molecule has 0 spiro atoms. The molecule has 0 unspecified atom stereocenters. The quantitative estimate of drug-likeness (QED) is 0.687. The van der Waals surface area contributed by atoms with Crippen molar-refractivity contribution in [3.05, 3.63) is 60.4 Å². The van der Waals surface area contributed by atoms with Gasteiger partial charge in [-0.15, -0.1) is 5.10 Å². The van der Waals surface area contributed by atoms with Gasteiger partial charge in [-0.25, -0.2) is 4.68 Å². The lowest BCUT2D eigenvalue weighted by Crippen LogP contribution is -1.95. The van der Waals surface area contributed by atoms with E-state index < -0.39 is 0 Å². The smallest absolute Gasteiger partial charge is 0.143 e. The minimum absolute atomic E-state index is 0.957. The Morgan fingerprint density at radius 1 is 0.944 bits per heavy atom. The average molecular weight is 236 g/mol. The third kappa shape index (κ3) is 2.00. The summed E-state index contributed by atoms with van der Waals surface area (Å²) in [5.74, 6) is 0. The summed E-state index contributed by atoms with van der Waals surface area (Å²) in [6, 6.07) is 16.6. The van der Waals surface area contributed by atoms with E-state index in [0.717, 1.165) is 11.3 Å². The third-order valence-electron chi connectivity index (χ3n) is 2.84. The number of hydrogen-bond acceptors (Lipinski definition) is 3. The van der Waals surface area contributed by atoms with Crippen LogP contribution in [-0.4, -0.2) is 20.2 Å². The van der Waals surface area contributed by atoms with E-state index in [9.17, 15) is 0 Å². The first-order valence-corrected chi connectivity index (χ1v) is 5.73. The monoisotopic (exact) mass is 236 g/mol. The molecule has 2 aromatic carbocycles. The number of benzene rings is 2. The zero-order chi connectivity index (χ0) is 12.4. The number of rotatable bonds is 2. The standard InChI is InChI=1S/C14H12N4/c1-11-5-7-12(8-6-11)13-3-2-4-14(9-13)18-10-15-16-17-18/h2-10H,1H3. The van der Waals surface area contributed by atoms with Crippen LogP contribution in [0.5, 0.6) is 0 Å². The lowest BCUT2D eigenvalue weighted by Gasteiger charge is -2.05. The minimum Gasteiger partial charge on any atom is -0.201 e. The lowest BCUT2D eigenvalue weighted by molar-refractivity contribution is 0.789. The van der Waals surface area contributed by atoms with Crippen molar-refractivity contribution in [2.24, 2.45) is 0 Å². The van der Waals surface area contributed by atoms with E-state index in [-0.39, 0.29) is 0 Å². The van der Waals surface area contributed by atoms with Crippen LogP contribution < -0.4 is 0 Å². The Kier molecular flexibility index (Phi) is 2.61. The van der Waals surface area contributed by atoms with E-state index in [1.54, 1.807) is 11.0 Å². The lowest BCUT2D eigenvalue weighted by atomic mass is 10.0. The van der Waals surface area contributed by atoms with E-state index in [1.165, 1.54) is 11.1 Å². The van der Waals surface area contributed by atoms with Crippen LogP contribution in [0.4, 0.5) is 0 Å². The van der Waals surface area contributed by atoms with Gasteiger partial charge < -0.3 is 0 Å². The fourth-order valence-electron chi connectivity index (χ4n) is 1.85. The molecule has 1 heterocycles. The molecule has 0 aliphatic rings.